The molecule has 0 fully saturated rings. The second-order valence-electron chi connectivity index (χ2n) is 9.15. The van der Waals surface area contributed by atoms with Crippen molar-refractivity contribution in [1.82, 2.24) is 0 Å². The molecule has 0 aliphatic heterocycles. The van der Waals surface area contributed by atoms with Gasteiger partial charge < -0.3 is 14.6 Å². The van der Waals surface area contributed by atoms with Gasteiger partial charge in [-0.15, -0.1) is 0 Å². The number of hydrogen-bond donors (Lipinski definition) is 1. The third-order valence-corrected chi connectivity index (χ3v) is 5.05. The number of aliphatic hydroxyl groups is 1. The number of unbranched alkanes of at least 4 members (excludes halogenated alkanes) is 9. The van der Waals surface area contributed by atoms with E-state index < -0.39 is 17.7 Å². The Morgan fingerprint density at radius 2 is 1.30 bits per heavy atom. The maximum Gasteiger partial charge on any atom is 0.335 e. The van der Waals surface area contributed by atoms with E-state index in [1.807, 2.05) is 13.8 Å². The SMILES string of the molecule is CCCCCCCCCCCCC(C)(C)OCCC(C)(C)OC(=O)[C@@H](C)O. The fourth-order valence-corrected chi connectivity index (χ4v) is 3.09. The van der Waals surface area contributed by atoms with Gasteiger partial charge in [-0.1, -0.05) is 71.1 Å². The standard InChI is InChI=1S/C23H46O4/c1-7-8-9-10-11-12-13-14-15-16-17-22(3,4)26-19-18-23(5,6)27-21(25)20(2)24/h20,24H,7-19H2,1-6H3/t20-/m1/s1. The Morgan fingerprint density at radius 3 is 1.78 bits per heavy atom. The van der Waals surface area contributed by atoms with Crippen molar-refractivity contribution in [3.8, 4) is 0 Å². The molecular weight excluding hydrogens is 340 g/mol. The molecule has 0 aliphatic carbocycles. The minimum atomic E-state index is -1.09. The molecule has 1 atom stereocenters. The van der Waals surface area contributed by atoms with Gasteiger partial charge in [0, 0.05) is 6.42 Å². The molecule has 0 bridgehead atoms. The Morgan fingerprint density at radius 1 is 0.815 bits per heavy atom. The molecular formula is C23H46O4. The van der Waals surface area contributed by atoms with E-state index in [9.17, 15) is 9.90 Å². The normalized spacial score (nSPS) is 13.6. The topological polar surface area (TPSA) is 55.8 Å². The monoisotopic (exact) mass is 386 g/mol. The summed E-state index contributed by atoms with van der Waals surface area (Å²) in [4.78, 5) is 11.5. The average Bonchev–Trinajstić information content (AvgIpc) is 2.55. The largest absolute Gasteiger partial charge is 0.458 e. The van der Waals surface area contributed by atoms with Crippen molar-refractivity contribution in [2.24, 2.45) is 0 Å². The van der Waals surface area contributed by atoms with E-state index in [4.69, 9.17) is 9.47 Å². The molecule has 0 aliphatic rings. The average molecular weight is 387 g/mol. The number of ether oxygens (including phenoxy) is 2. The van der Waals surface area contributed by atoms with Gasteiger partial charge in [-0.3, -0.25) is 0 Å². The van der Waals surface area contributed by atoms with Crippen molar-refractivity contribution in [2.45, 2.75) is 136 Å². The number of carbonyl (C=O) groups is 1. The first kappa shape index (κ1) is 26.4. The molecule has 4 nitrogen and oxygen atoms in total. The van der Waals surface area contributed by atoms with Crippen LogP contribution < -0.4 is 0 Å². The van der Waals surface area contributed by atoms with E-state index in [0.717, 1.165) is 6.42 Å². The lowest BCUT2D eigenvalue weighted by atomic mass is 9.98. The van der Waals surface area contributed by atoms with Crippen LogP contribution in [0.15, 0.2) is 0 Å². The molecule has 162 valence electrons. The fourth-order valence-electron chi connectivity index (χ4n) is 3.09. The Bertz CT molecular complexity index is 375. The molecule has 1 N–H and O–H groups in total. The van der Waals surface area contributed by atoms with Crippen LogP contribution in [0.1, 0.15) is 119 Å². The van der Waals surface area contributed by atoms with Crippen LogP contribution in [0.5, 0.6) is 0 Å². The van der Waals surface area contributed by atoms with Crippen LogP contribution in [0.25, 0.3) is 0 Å². The maximum absolute atomic E-state index is 11.5. The summed E-state index contributed by atoms with van der Waals surface area (Å²) in [6.07, 6.45) is 14.0. The Kier molecular flexibility index (Phi) is 14.1. The summed E-state index contributed by atoms with van der Waals surface area (Å²) >= 11 is 0. The molecule has 0 unspecified atom stereocenters. The van der Waals surface area contributed by atoms with E-state index in [0.29, 0.717) is 13.0 Å². The van der Waals surface area contributed by atoms with Crippen LogP contribution in [0.3, 0.4) is 0 Å². The van der Waals surface area contributed by atoms with Crippen molar-refractivity contribution >= 4 is 5.97 Å². The summed E-state index contributed by atoms with van der Waals surface area (Å²) in [5.41, 5.74) is -0.772. The van der Waals surface area contributed by atoms with Gasteiger partial charge in [0.05, 0.1) is 12.2 Å². The lowest BCUT2D eigenvalue weighted by molar-refractivity contribution is -0.168. The molecule has 0 heterocycles. The first-order valence-corrected chi connectivity index (χ1v) is 11.1. The zero-order valence-electron chi connectivity index (χ0n) is 18.9. The second-order valence-corrected chi connectivity index (χ2v) is 9.15. The number of aliphatic hydroxyl groups excluding tert-OH is 1. The van der Waals surface area contributed by atoms with E-state index in [1.54, 1.807) is 0 Å². The number of rotatable bonds is 17. The molecule has 27 heavy (non-hydrogen) atoms. The summed E-state index contributed by atoms with van der Waals surface area (Å²) in [5.74, 6) is -0.579. The zero-order valence-corrected chi connectivity index (χ0v) is 18.9. The quantitative estimate of drug-likeness (QED) is 0.239. The first-order chi connectivity index (χ1) is 12.6. The summed E-state index contributed by atoms with van der Waals surface area (Å²) in [6.45, 7) is 12.2. The molecule has 0 aromatic heterocycles. The van der Waals surface area contributed by atoms with Gasteiger partial charge in [0.1, 0.15) is 11.7 Å². The van der Waals surface area contributed by atoms with Crippen molar-refractivity contribution in [1.29, 1.82) is 0 Å². The lowest BCUT2D eigenvalue weighted by Gasteiger charge is -2.30. The van der Waals surface area contributed by atoms with Gasteiger partial charge in [0.25, 0.3) is 0 Å². The second kappa shape index (κ2) is 14.4. The highest BCUT2D eigenvalue weighted by molar-refractivity contribution is 5.74. The van der Waals surface area contributed by atoms with Crippen LogP contribution in [0.4, 0.5) is 0 Å². The minimum Gasteiger partial charge on any atom is -0.458 e. The third-order valence-electron chi connectivity index (χ3n) is 5.05. The van der Waals surface area contributed by atoms with Gasteiger partial charge in [0.2, 0.25) is 0 Å². The predicted octanol–water partition coefficient (Wildman–Crippen LogP) is 6.19. The van der Waals surface area contributed by atoms with Crippen LogP contribution in [0.2, 0.25) is 0 Å². The smallest absolute Gasteiger partial charge is 0.335 e. The lowest BCUT2D eigenvalue weighted by Crippen LogP contribution is -2.35. The van der Waals surface area contributed by atoms with E-state index in [-0.39, 0.29) is 5.60 Å². The van der Waals surface area contributed by atoms with E-state index in [1.165, 1.54) is 71.1 Å². The summed E-state index contributed by atoms with van der Waals surface area (Å²) in [7, 11) is 0. The Labute approximate surface area is 168 Å². The van der Waals surface area contributed by atoms with Gasteiger partial charge >= 0.3 is 5.97 Å². The van der Waals surface area contributed by atoms with Crippen molar-refractivity contribution < 1.29 is 19.4 Å². The van der Waals surface area contributed by atoms with Crippen molar-refractivity contribution in [3.05, 3.63) is 0 Å². The summed E-state index contributed by atoms with van der Waals surface area (Å²) in [6, 6.07) is 0. The molecule has 0 saturated carbocycles. The molecule has 4 heteroatoms. The Balaban J connectivity index is 3.75. The molecule has 0 amide bonds. The van der Waals surface area contributed by atoms with Crippen LogP contribution in [0, 0.1) is 0 Å². The van der Waals surface area contributed by atoms with Gasteiger partial charge in [-0.25, -0.2) is 4.79 Å². The minimum absolute atomic E-state index is 0.148. The fraction of sp³-hybridized carbons (Fsp3) is 0.957. The molecule has 0 aromatic carbocycles. The molecule has 0 aromatic rings. The molecule has 0 spiro atoms. The Hall–Kier alpha value is -0.610. The predicted molar refractivity (Wildman–Crippen MR) is 113 cm³/mol. The highest BCUT2D eigenvalue weighted by atomic mass is 16.6. The molecule has 0 rings (SSSR count). The summed E-state index contributed by atoms with van der Waals surface area (Å²) in [5, 5.41) is 9.26. The number of esters is 1. The van der Waals surface area contributed by atoms with Crippen molar-refractivity contribution in [2.75, 3.05) is 6.61 Å². The van der Waals surface area contributed by atoms with Crippen LogP contribution in [-0.4, -0.2) is 35.0 Å². The third kappa shape index (κ3) is 16.1. The maximum atomic E-state index is 11.5. The highest BCUT2D eigenvalue weighted by Crippen LogP contribution is 2.22. The first-order valence-electron chi connectivity index (χ1n) is 11.1. The van der Waals surface area contributed by atoms with E-state index >= 15 is 0 Å². The van der Waals surface area contributed by atoms with E-state index in [2.05, 4.69) is 20.8 Å². The van der Waals surface area contributed by atoms with Crippen LogP contribution in [-0.2, 0) is 14.3 Å². The van der Waals surface area contributed by atoms with Crippen molar-refractivity contribution in [3.63, 3.8) is 0 Å². The molecule has 0 saturated heterocycles. The number of hydrogen-bond acceptors (Lipinski definition) is 4. The molecule has 0 radical (unpaired) electrons. The van der Waals surface area contributed by atoms with Gasteiger partial charge in [-0.05, 0) is 41.0 Å². The number of carbonyl (C=O) groups excluding carboxylic acids is 1. The van der Waals surface area contributed by atoms with Crippen LogP contribution >= 0.6 is 0 Å². The van der Waals surface area contributed by atoms with Gasteiger partial charge in [-0.2, -0.15) is 0 Å². The zero-order chi connectivity index (χ0) is 20.8. The summed E-state index contributed by atoms with van der Waals surface area (Å²) < 4.78 is 11.3. The highest BCUT2D eigenvalue weighted by Gasteiger charge is 2.26. The van der Waals surface area contributed by atoms with Gasteiger partial charge in [0.15, 0.2) is 0 Å².